The van der Waals surface area contributed by atoms with Crippen molar-refractivity contribution in [1.29, 1.82) is 10.8 Å². The Kier molecular flexibility index (Phi) is 11.0. The van der Waals surface area contributed by atoms with Gasteiger partial charge in [-0.05, 0) is 31.4 Å². The number of carbonyl (C=O) groups excluding carboxylic acids is 2. The summed E-state index contributed by atoms with van der Waals surface area (Å²) in [5, 5.41) is 19.9. The van der Waals surface area contributed by atoms with Crippen molar-refractivity contribution in [3.05, 3.63) is 71.3 Å². The fourth-order valence-electron chi connectivity index (χ4n) is 2.44. The molecule has 2 amide bonds. The molecule has 2 aromatic rings. The van der Waals surface area contributed by atoms with Crippen molar-refractivity contribution >= 4 is 23.5 Å². The van der Waals surface area contributed by atoms with Crippen LogP contribution in [0.5, 0.6) is 0 Å². The van der Waals surface area contributed by atoms with Crippen molar-refractivity contribution < 1.29 is 9.59 Å². The zero-order chi connectivity index (χ0) is 22.4. The number of amides is 2. The second-order valence-electron chi connectivity index (χ2n) is 6.57. The Hall–Kier alpha value is -3.68. The van der Waals surface area contributed by atoms with E-state index >= 15 is 0 Å². The third kappa shape index (κ3) is 10.0. The van der Waals surface area contributed by atoms with Gasteiger partial charge in [0.2, 0.25) is 5.91 Å². The first-order valence-corrected chi connectivity index (χ1v) is 9.67. The number of rotatable bonds is 9. The van der Waals surface area contributed by atoms with Crippen LogP contribution >= 0.6 is 0 Å². The maximum atomic E-state index is 11.9. The van der Waals surface area contributed by atoms with Crippen molar-refractivity contribution in [3.63, 3.8) is 0 Å². The molecular weight excluding hydrogens is 380 g/mol. The smallest absolute Gasteiger partial charge is 0.251 e. The van der Waals surface area contributed by atoms with E-state index in [-0.39, 0.29) is 23.5 Å². The summed E-state index contributed by atoms with van der Waals surface area (Å²) in [7, 11) is 0. The van der Waals surface area contributed by atoms with E-state index in [0.29, 0.717) is 24.2 Å². The lowest BCUT2D eigenvalue weighted by atomic mass is 10.1. The van der Waals surface area contributed by atoms with Gasteiger partial charge in [0.25, 0.3) is 5.91 Å². The maximum Gasteiger partial charge on any atom is 0.251 e. The normalized spacial score (nSPS) is 9.63. The quantitative estimate of drug-likeness (QED) is 0.212. The first kappa shape index (κ1) is 24.4. The molecule has 0 saturated carbocycles. The molecular formula is C22H30N6O2. The van der Waals surface area contributed by atoms with E-state index in [4.69, 9.17) is 22.3 Å². The first-order chi connectivity index (χ1) is 14.3. The van der Waals surface area contributed by atoms with Gasteiger partial charge in [0, 0.05) is 36.7 Å². The third-order valence-corrected chi connectivity index (χ3v) is 4.03. The van der Waals surface area contributed by atoms with E-state index in [2.05, 4.69) is 10.6 Å². The minimum absolute atomic E-state index is 0.0198. The van der Waals surface area contributed by atoms with Crippen LogP contribution in [0.25, 0.3) is 0 Å². The van der Waals surface area contributed by atoms with E-state index in [1.807, 2.05) is 30.3 Å². The van der Waals surface area contributed by atoms with Gasteiger partial charge in [-0.3, -0.25) is 20.4 Å². The Bertz CT molecular complexity index is 852. The highest BCUT2D eigenvalue weighted by Crippen LogP contribution is 2.05. The molecule has 0 aliphatic carbocycles. The third-order valence-electron chi connectivity index (χ3n) is 4.03. The average molecular weight is 411 g/mol. The average Bonchev–Trinajstić information content (AvgIpc) is 2.73. The summed E-state index contributed by atoms with van der Waals surface area (Å²) in [6, 6.07) is 15.9. The van der Waals surface area contributed by atoms with Crippen molar-refractivity contribution in [1.82, 2.24) is 10.6 Å². The summed E-state index contributed by atoms with van der Waals surface area (Å²) in [6.07, 6.45) is 2.70. The molecule has 160 valence electrons. The van der Waals surface area contributed by atoms with Crippen LogP contribution in [-0.4, -0.2) is 36.6 Å². The largest absolute Gasteiger partial charge is 0.384 e. The molecule has 0 bridgehead atoms. The number of nitrogens with one attached hydrogen (secondary N) is 4. The number of hydrogen-bond acceptors (Lipinski definition) is 4. The zero-order valence-corrected chi connectivity index (χ0v) is 17.2. The van der Waals surface area contributed by atoms with Gasteiger partial charge in [0.05, 0.1) is 0 Å². The van der Waals surface area contributed by atoms with Crippen LogP contribution in [0.4, 0.5) is 0 Å². The lowest BCUT2D eigenvalue weighted by Crippen LogP contribution is -2.25. The van der Waals surface area contributed by atoms with Crippen LogP contribution < -0.4 is 22.1 Å². The van der Waals surface area contributed by atoms with E-state index in [1.54, 1.807) is 24.3 Å². The van der Waals surface area contributed by atoms with Crippen LogP contribution in [-0.2, 0) is 4.79 Å². The zero-order valence-electron chi connectivity index (χ0n) is 17.2. The van der Waals surface area contributed by atoms with Gasteiger partial charge < -0.3 is 22.1 Å². The molecule has 0 fully saturated rings. The van der Waals surface area contributed by atoms with Gasteiger partial charge in [0.15, 0.2) is 0 Å². The predicted octanol–water partition coefficient (Wildman–Crippen LogP) is 1.98. The SMILES string of the molecule is CC(=O)NCCCCCNC(=O)c1cccc(C(=N)N)c1.N=C(N)c1ccccc1. The topological polar surface area (TPSA) is 158 Å². The molecule has 0 aliphatic heterocycles. The van der Waals surface area contributed by atoms with E-state index in [9.17, 15) is 9.59 Å². The van der Waals surface area contributed by atoms with E-state index in [1.165, 1.54) is 6.92 Å². The van der Waals surface area contributed by atoms with Crippen LogP contribution in [0.3, 0.4) is 0 Å². The maximum absolute atomic E-state index is 11.9. The minimum atomic E-state index is -0.167. The molecule has 8 N–H and O–H groups in total. The minimum Gasteiger partial charge on any atom is -0.384 e. The van der Waals surface area contributed by atoms with Crippen molar-refractivity contribution in [2.24, 2.45) is 11.5 Å². The molecule has 0 saturated heterocycles. The second-order valence-corrected chi connectivity index (χ2v) is 6.57. The Balaban J connectivity index is 0.000000414. The molecule has 0 heterocycles. The number of nitrogens with two attached hydrogens (primary N) is 2. The summed E-state index contributed by atoms with van der Waals surface area (Å²) < 4.78 is 0. The molecule has 30 heavy (non-hydrogen) atoms. The number of hydrogen-bond donors (Lipinski definition) is 6. The summed E-state index contributed by atoms with van der Waals surface area (Å²) in [6.45, 7) is 2.75. The summed E-state index contributed by atoms with van der Waals surface area (Å²) in [5.74, 6) is -0.119. The highest BCUT2D eigenvalue weighted by Gasteiger charge is 2.06. The monoisotopic (exact) mass is 410 g/mol. The van der Waals surface area contributed by atoms with Gasteiger partial charge in [0.1, 0.15) is 11.7 Å². The highest BCUT2D eigenvalue weighted by atomic mass is 16.2. The van der Waals surface area contributed by atoms with Gasteiger partial charge in [-0.2, -0.15) is 0 Å². The second kappa shape index (κ2) is 13.5. The van der Waals surface area contributed by atoms with Crippen LogP contribution in [0.1, 0.15) is 47.7 Å². The summed E-state index contributed by atoms with van der Waals surface area (Å²) >= 11 is 0. The number of benzene rings is 2. The molecule has 2 aromatic carbocycles. The number of nitrogen functional groups attached to an aromatic ring is 2. The highest BCUT2D eigenvalue weighted by molar-refractivity contribution is 6.00. The molecule has 0 spiro atoms. The molecule has 0 aromatic heterocycles. The number of unbranched alkanes of at least 4 members (excludes halogenated alkanes) is 2. The molecule has 0 aliphatic rings. The van der Waals surface area contributed by atoms with Gasteiger partial charge in [-0.15, -0.1) is 0 Å². The first-order valence-electron chi connectivity index (χ1n) is 9.67. The van der Waals surface area contributed by atoms with Crippen LogP contribution in [0.15, 0.2) is 54.6 Å². The molecule has 8 nitrogen and oxygen atoms in total. The van der Waals surface area contributed by atoms with Gasteiger partial charge in [-0.1, -0.05) is 42.5 Å². The predicted molar refractivity (Wildman–Crippen MR) is 120 cm³/mol. The van der Waals surface area contributed by atoms with Crippen molar-refractivity contribution in [3.8, 4) is 0 Å². The van der Waals surface area contributed by atoms with E-state index in [0.717, 1.165) is 24.8 Å². The molecule has 0 unspecified atom stereocenters. The van der Waals surface area contributed by atoms with Crippen LogP contribution in [0, 0.1) is 10.8 Å². The van der Waals surface area contributed by atoms with Crippen LogP contribution in [0.2, 0.25) is 0 Å². The Labute approximate surface area is 177 Å². The summed E-state index contributed by atoms with van der Waals surface area (Å²) in [5.41, 5.74) is 12.4. The number of carbonyl (C=O) groups is 2. The molecule has 0 radical (unpaired) electrons. The lowest BCUT2D eigenvalue weighted by molar-refractivity contribution is -0.118. The summed E-state index contributed by atoms with van der Waals surface area (Å²) in [4.78, 5) is 22.6. The molecule has 2 rings (SSSR count). The molecule has 8 heteroatoms. The Morgan fingerprint density at radius 2 is 1.30 bits per heavy atom. The Morgan fingerprint density at radius 3 is 1.83 bits per heavy atom. The standard InChI is InChI=1S/C15H22N4O2.C7H8N2/c1-11(20)18-8-3-2-4-9-19-15(21)13-7-5-6-12(10-13)14(16)17;8-7(9)6-4-2-1-3-5-6/h5-7,10H,2-4,8-9H2,1H3,(H3,16,17)(H,18,20)(H,19,21);1-5H,(H3,8,9). The molecule has 0 atom stereocenters. The number of amidine groups is 2. The van der Waals surface area contributed by atoms with E-state index < -0.39 is 0 Å². The van der Waals surface area contributed by atoms with Gasteiger partial charge >= 0.3 is 0 Å². The van der Waals surface area contributed by atoms with Crippen molar-refractivity contribution in [2.45, 2.75) is 26.2 Å². The fourth-order valence-corrected chi connectivity index (χ4v) is 2.44. The van der Waals surface area contributed by atoms with Gasteiger partial charge in [-0.25, -0.2) is 0 Å². The fraction of sp³-hybridized carbons (Fsp3) is 0.273. The lowest BCUT2D eigenvalue weighted by Gasteiger charge is -2.07. The van der Waals surface area contributed by atoms with Crippen molar-refractivity contribution in [2.75, 3.05) is 13.1 Å². The Morgan fingerprint density at radius 1 is 0.767 bits per heavy atom.